The lowest BCUT2D eigenvalue weighted by Gasteiger charge is -2.18. The zero-order chi connectivity index (χ0) is 17.1. The summed E-state index contributed by atoms with van der Waals surface area (Å²) < 4.78 is 10.2. The van der Waals surface area contributed by atoms with Gasteiger partial charge >= 0.3 is 5.97 Å². The second-order valence-corrected chi connectivity index (χ2v) is 5.09. The van der Waals surface area contributed by atoms with Crippen molar-refractivity contribution >= 4 is 23.3 Å². The number of hydrogen-bond donors (Lipinski definition) is 1. The second-order valence-electron chi connectivity index (χ2n) is 5.09. The van der Waals surface area contributed by atoms with Crippen molar-refractivity contribution in [1.82, 2.24) is 9.97 Å². The molecule has 0 atom stereocenters. The molecule has 0 saturated carbocycles. The Hall–Kier alpha value is -3.29. The quantitative estimate of drug-likeness (QED) is 0.663. The normalized spacial score (nSPS) is 12.6. The summed E-state index contributed by atoms with van der Waals surface area (Å²) in [6.45, 7) is 1.24. The topological polar surface area (TPSA) is 107 Å². The van der Waals surface area contributed by atoms with Gasteiger partial charge in [0.1, 0.15) is 5.75 Å². The molecular formula is C16H13N3O5. The molecule has 8 heteroatoms. The largest absolute Gasteiger partial charge is 0.482 e. The van der Waals surface area contributed by atoms with Crippen molar-refractivity contribution in [3.63, 3.8) is 0 Å². The summed E-state index contributed by atoms with van der Waals surface area (Å²) in [5.41, 5.74) is 1.40. The van der Waals surface area contributed by atoms with Crippen LogP contribution in [0, 0.1) is 6.92 Å². The highest BCUT2D eigenvalue weighted by Crippen LogP contribution is 2.28. The van der Waals surface area contributed by atoms with Crippen LogP contribution in [0.2, 0.25) is 0 Å². The number of anilines is 1. The van der Waals surface area contributed by atoms with Crippen LogP contribution >= 0.6 is 0 Å². The van der Waals surface area contributed by atoms with Gasteiger partial charge in [-0.2, -0.15) is 0 Å². The number of ether oxygens (including phenoxy) is 2. The molecule has 2 aromatic rings. The predicted molar refractivity (Wildman–Crippen MR) is 81.9 cm³/mol. The molecule has 0 bridgehead atoms. The van der Waals surface area contributed by atoms with Crippen molar-refractivity contribution < 1.29 is 23.9 Å². The fourth-order valence-corrected chi connectivity index (χ4v) is 2.04. The molecule has 0 aliphatic carbocycles. The van der Waals surface area contributed by atoms with Gasteiger partial charge in [0.2, 0.25) is 0 Å². The molecule has 0 spiro atoms. The average Bonchev–Trinajstić information content (AvgIpc) is 2.59. The van der Waals surface area contributed by atoms with Crippen LogP contribution in [-0.4, -0.2) is 40.8 Å². The number of esters is 1. The highest BCUT2D eigenvalue weighted by atomic mass is 16.5. The van der Waals surface area contributed by atoms with Crippen LogP contribution in [0.4, 0.5) is 5.69 Å². The van der Waals surface area contributed by atoms with Crippen LogP contribution in [0.15, 0.2) is 30.6 Å². The van der Waals surface area contributed by atoms with Crippen molar-refractivity contribution in [3.8, 4) is 5.75 Å². The Morgan fingerprint density at radius 2 is 2.12 bits per heavy atom. The number of ketones is 1. The lowest BCUT2D eigenvalue weighted by Crippen LogP contribution is -2.25. The lowest BCUT2D eigenvalue weighted by molar-refractivity contribution is -0.118. The van der Waals surface area contributed by atoms with Gasteiger partial charge in [0.05, 0.1) is 17.6 Å². The van der Waals surface area contributed by atoms with Gasteiger partial charge in [-0.05, 0) is 25.1 Å². The number of amides is 1. The smallest absolute Gasteiger partial charge is 0.358 e. The third kappa shape index (κ3) is 3.37. The molecule has 1 aliphatic rings. The third-order valence-corrected chi connectivity index (χ3v) is 3.26. The molecule has 24 heavy (non-hydrogen) atoms. The Morgan fingerprint density at radius 3 is 2.88 bits per heavy atom. The molecule has 0 unspecified atom stereocenters. The van der Waals surface area contributed by atoms with Crippen LogP contribution in [0.5, 0.6) is 5.75 Å². The van der Waals surface area contributed by atoms with Crippen LogP contribution in [0.25, 0.3) is 0 Å². The fourth-order valence-electron chi connectivity index (χ4n) is 2.04. The van der Waals surface area contributed by atoms with E-state index in [-0.39, 0.29) is 18.2 Å². The minimum atomic E-state index is -0.731. The maximum Gasteiger partial charge on any atom is 0.358 e. The molecular weight excluding hydrogens is 314 g/mol. The number of rotatable bonds is 4. The predicted octanol–water partition coefficient (Wildman–Crippen LogP) is 1.16. The Labute approximate surface area is 136 Å². The first kappa shape index (κ1) is 15.6. The Morgan fingerprint density at radius 1 is 1.29 bits per heavy atom. The number of nitrogens with one attached hydrogen (secondary N) is 1. The van der Waals surface area contributed by atoms with Crippen LogP contribution in [-0.2, 0) is 9.53 Å². The Kier molecular flexibility index (Phi) is 4.19. The number of aromatic nitrogens is 2. The van der Waals surface area contributed by atoms with Crippen LogP contribution in [0.1, 0.15) is 26.5 Å². The number of nitrogens with zero attached hydrogens (tertiary/aromatic N) is 2. The van der Waals surface area contributed by atoms with Crippen molar-refractivity contribution in [2.45, 2.75) is 6.92 Å². The number of Topliss-reactive ketones (excluding diaryl/α,β-unsaturated/α-hetero) is 1. The monoisotopic (exact) mass is 327 g/mol. The van der Waals surface area contributed by atoms with E-state index in [4.69, 9.17) is 9.47 Å². The van der Waals surface area contributed by atoms with E-state index < -0.39 is 18.4 Å². The molecule has 1 aromatic heterocycles. The number of benzene rings is 1. The molecule has 0 saturated heterocycles. The van der Waals surface area contributed by atoms with E-state index in [1.807, 2.05) is 0 Å². The lowest BCUT2D eigenvalue weighted by atomic mass is 10.1. The van der Waals surface area contributed by atoms with Crippen molar-refractivity contribution in [1.29, 1.82) is 0 Å². The first-order valence-electron chi connectivity index (χ1n) is 7.08. The van der Waals surface area contributed by atoms with E-state index in [0.29, 0.717) is 22.7 Å². The van der Waals surface area contributed by atoms with Gasteiger partial charge in [0, 0.05) is 11.8 Å². The van der Waals surface area contributed by atoms with E-state index in [2.05, 4.69) is 15.3 Å². The van der Waals surface area contributed by atoms with Crippen LogP contribution in [0.3, 0.4) is 0 Å². The molecule has 1 N–H and O–H groups in total. The molecule has 8 nitrogen and oxygen atoms in total. The number of carbonyl (C=O) groups excluding carboxylic acids is 3. The van der Waals surface area contributed by atoms with Gasteiger partial charge in [-0.3, -0.25) is 14.6 Å². The Balaban J connectivity index is 1.65. The van der Waals surface area contributed by atoms with E-state index in [9.17, 15) is 14.4 Å². The van der Waals surface area contributed by atoms with Gasteiger partial charge in [-0.1, -0.05) is 0 Å². The molecule has 122 valence electrons. The van der Waals surface area contributed by atoms with E-state index in [0.717, 1.165) is 0 Å². The van der Waals surface area contributed by atoms with Gasteiger partial charge < -0.3 is 14.8 Å². The van der Waals surface area contributed by atoms with Crippen molar-refractivity contribution in [2.24, 2.45) is 0 Å². The fraction of sp³-hybridized carbons (Fsp3) is 0.188. The zero-order valence-corrected chi connectivity index (χ0v) is 12.7. The maximum atomic E-state index is 12.1. The van der Waals surface area contributed by atoms with Gasteiger partial charge in [-0.15, -0.1) is 0 Å². The molecule has 0 radical (unpaired) electrons. The van der Waals surface area contributed by atoms with E-state index in [1.165, 1.54) is 24.5 Å². The molecule has 0 fully saturated rings. The SMILES string of the molecule is Cc1cnc(C(=O)OCC(=O)c2ccc3c(c2)NC(=O)CO3)cn1. The summed E-state index contributed by atoms with van der Waals surface area (Å²) in [5.74, 6) is -0.953. The number of carbonyl (C=O) groups is 3. The average molecular weight is 327 g/mol. The summed E-state index contributed by atoms with van der Waals surface area (Å²) in [4.78, 5) is 43.1. The third-order valence-electron chi connectivity index (χ3n) is 3.26. The van der Waals surface area contributed by atoms with Crippen LogP contribution < -0.4 is 10.1 Å². The summed E-state index contributed by atoms with van der Waals surface area (Å²) in [7, 11) is 0. The summed E-state index contributed by atoms with van der Waals surface area (Å²) in [5, 5.41) is 2.61. The molecule has 2 heterocycles. The molecule has 1 amide bonds. The minimum Gasteiger partial charge on any atom is -0.482 e. The standard InChI is InChI=1S/C16H13N3O5/c1-9-5-18-12(6-17-9)16(22)24-7-13(20)10-2-3-14-11(4-10)19-15(21)8-23-14/h2-6H,7-8H2,1H3,(H,19,21). The van der Waals surface area contributed by atoms with Gasteiger partial charge in [0.15, 0.2) is 24.7 Å². The maximum absolute atomic E-state index is 12.1. The Bertz CT molecular complexity index is 817. The number of aryl methyl sites for hydroxylation is 1. The van der Waals surface area contributed by atoms with E-state index >= 15 is 0 Å². The summed E-state index contributed by atoms with van der Waals surface area (Å²) >= 11 is 0. The number of fused-ring (bicyclic) bond motifs is 1. The first-order chi connectivity index (χ1) is 11.5. The highest BCUT2D eigenvalue weighted by molar-refractivity contribution is 6.02. The minimum absolute atomic E-state index is 0.0273. The summed E-state index contributed by atoms with van der Waals surface area (Å²) in [6, 6.07) is 4.60. The number of hydrogen-bond acceptors (Lipinski definition) is 7. The van der Waals surface area contributed by atoms with Crippen molar-refractivity contribution in [2.75, 3.05) is 18.5 Å². The van der Waals surface area contributed by atoms with Crippen molar-refractivity contribution in [3.05, 3.63) is 47.5 Å². The zero-order valence-electron chi connectivity index (χ0n) is 12.7. The van der Waals surface area contributed by atoms with E-state index in [1.54, 1.807) is 13.0 Å². The highest BCUT2D eigenvalue weighted by Gasteiger charge is 2.19. The summed E-state index contributed by atoms with van der Waals surface area (Å²) in [6.07, 6.45) is 2.72. The van der Waals surface area contributed by atoms with Gasteiger partial charge in [0.25, 0.3) is 5.91 Å². The second kappa shape index (κ2) is 6.45. The molecule has 1 aliphatic heterocycles. The molecule has 3 rings (SSSR count). The molecule has 1 aromatic carbocycles. The van der Waals surface area contributed by atoms with Gasteiger partial charge in [-0.25, -0.2) is 9.78 Å². The first-order valence-corrected chi connectivity index (χ1v) is 7.08.